The number of carbonyl (C=O) groups is 1. The molecule has 0 saturated carbocycles. The molecule has 0 aromatic carbocycles. The van der Waals surface area contributed by atoms with Crippen LogP contribution in [0.5, 0.6) is 0 Å². The van der Waals surface area contributed by atoms with Crippen molar-refractivity contribution in [2.24, 2.45) is 5.92 Å². The topological polar surface area (TPSA) is 20.3 Å². The molecular formula is C10H19NO. The molecule has 0 radical (unpaired) electrons. The maximum Gasteiger partial charge on any atom is 0.149 e. The lowest BCUT2D eigenvalue weighted by molar-refractivity contribution is -0.122. The summed E-state index contributed by atoms with van der Waals surface area (Å²) >= 11 is 0. The van der Waals surface area contributed by atoms with Crippen molar-refractivity contribution in [1.29, 1.82) is 0 Å². The third kappa shape index (κ3) is 1.86. The fourth-order valence-electron chi connectivity index (χ4n) is 2.01. The zero-order valence-corrected chi connectivity index (χ0v) is 8.34. The Labute approximate surface area is 74.9 Å². The second-order valence-corrected chi connectivity index (χ2v) is 3.79. The van der Waals surface area contributed by atoms with Gasteiger partial charge in [0.2, 0.25) is 0 Å². The van der Waals surface area contributed by atoms with E-state index in [1.165, 1.54) is 6.42 Å². The summed E-state index contributed by atoms with van der Waals surface area (Å²) < 4.78 is 0. The van der Waals surface area contributed by atoms with Crippen molar-refractivity contribution in [1.82, 2.24) is 4.90 Å². The summed E-state index contributed by atoms with van der Waals surface area (Å²) in [6.07, 6.45) is 2.98. The summed E-state index contributed by atoms with van der Waals surface area (Å²) in [7, 11) is 2.06. The van der Waals surface area contributed by atoms with Crippen molar-refractivity contribution in [2.45, 2.75) is 39.2 Å². The van der Waals surface area contributed by atoms with Crippen LogP contribution in [0.15, 0.2) is 0 Å². The van der Waals surface area contributed by atoms with Crippen LogP contribution in [0.4, 0.5) is 0 Å². The van der Waals surface area contributed by atoms with Crippen LogP contribution in [0.3, 0.4) is 0 Å². The van der Waals surface area contributed by atoms with Crippen LogP contribution in [-0.4, -0.2) is 30.3 Å². The number of Topliss-reactive ketones (excluding diaryl/α,β-unsaturated/α-hetero) is 1. The Kier molecular flexibility index (Phi) is 3.27. The highest BCUT2D eigenvalue weighted by molar-refractivity contribution is 5.83. The number of likely N-dealkylation sites (tertiary alicyclic amines) is 1. The summed E-state index contributed by atoms with van der Waals surface area (Å²) in [5, 5.41) is 0. The first-order valence-corrected chi connectivity index (χ1v) is 4.92. The van der Waals surface area contributed by atoms with Gasteiger partial charge in [-0.3, -0.25) is 9.69 Å². The third-order valence-electron chi connectivity index (χ3n) is 2.93. The molecule has 0 spiro atoms. The van der Waals surface area contributed by atoms with E-state index in [9.17, 15) is 4.79 Å². The quantitative estimate of drug-likeness (QED) is 0.641. The second kappa shape index (κ2) is 4.04. The van der Waals surface area contributed by atoms with E-state index in [2.05, 4.69) is 18.9 Å². The van der Waals surface area contributed by atoms with E-state index < -0.39 is 0 Å². The number of likely N-dealkylation sites (N-methyl/N-ethyl adjacent to an activating group) is 1. The lowest BCUT2D eigenvalue weighted by atomic mass is 10.00. The van der Waals surface area contributed by atoms with Gasteiger partial charge >= 0.3 is 0 Å². The van der Waals surface area contributed by atoms with E-state index in [0.29, 0.717) is 12.2 Å². The molecule has 2 atom stereocenters. The standard InChI is InChI=1S/C10H19NO/c1-4-8-6-9(10(12)5-2)11(3)7-8/h8-9H,4-7H2,1-3H3/t8-,9-/m0/s1. The molecule has 0 bridgehead atoms. The summed E-state index contributed by atoms with van der Waals surface area (Å²) in [4.78, 5) is 13.7. The van der Waals surface area contributed by atoms with E-state index >= 15 is 0 Å². The SMILES string of the molecule is CCC(=O)[C@@H]1C[C@H](CC)CN1C. The molecule has 2 nitrogen and oxygen atoms in total. The first-order chi connectivity index (χ1) is 5.69. The van der Waals surface area contributed by atoms with Crippen LogP contribution in [-0.2, 0) is 4.79 Å². The highest BCUT2D eigenvalue weighted by Crippen LogP contribution is 2.24. The van der Waals surface area contributed by atoms with E-state index in [1.807, 2.05) is 6.92 Å². The van der Waals surface area contributed by atoms with Gasteiger partial charge in [0, 0.05) is 13.0 Å². The fourth-order valence-corrected chi connectivity index (χ4v) is 2.01. The van der Waals surface area contributed by atoms with Gasteiger partial charge in [0.1, 0.15) is 5.78 Å². The zero-order valence-electron chi connectivity index (χ0n) is 8.34. The van der Waals surface area contributed by atoms with Crippen LogP contribution >= 0.6 is 0 Å². The third-order valence-corrected chi connectivity index (χ3v) is 2.93. The number of rotatable bonds is 3. The Bertz CT molecular complexity index is 167. The van der Waals surface area contributed by atoms with Gasteiger partial charge in [0.25, 0.3) is 0 Å². The molecule has 1 aliphatic heterocycles. The fraction of sp³-hybridized carbons (Fsp3) is 0.900. The van der Waals surface area contributed by atoms with Crippen molar-refractivity contribution in [2.75, 3.05) is 13.6 Å². The van der Waals surface area contributed by atoms with E-state index in [4.69, 9.17) is 0 Å². The maximum absolute atomic E-state index is 11.4. The Hall–Kier alpha value is -0.370. The summed E-state index contributed by atoms with van der Waals surface area (Å²) in [6.45, 7) is 5.26. The molecule has 0 amide bonds. The predicted octanol–water partition coefficient (Wildman–Crippen LogP) is 1.70. The second-order valence-electron chi connectivity index (χ2n) is 3.79. The van der Waals surface area contributed by atoms with Crippen LogP contribution in [0.2, 0.25) is 0 Å². The average molecular weight is 169 g/mol. The molecule has 1 aliphatic rings. The highest BCUT2D eigenvalue weighted by Gasteiger charge is 2.31. The van der Waals surface area contributed by atoms with Crippen LogP contribution in [0, 0.1) is 5.92 Å². The molecule has 1 saturated heterocycles. The number of carbonyl (C=O) groups excluding carboxylic acids is 1. The largest absolute Gasteiger partial charge is 0.298 e. The molecule has 1 fully saturated rings. The van der Waals surface area contributed by atoms with Crippen molar-refractivity contribution >= 4 is 5.78 Å². The van der Waals surface area contributed by atoms with Crippen LogP contribution in [0.25, 0.3) is 0 Å². The van der Waals surface area contributed by atoms with Crippen molar-refractivity contribution < 1.29 is 4.79 Å². The lowest BCUT2D eigenvalue weighted by Gasteiger charge is -2.16. The Morgan fingerprint density at radius 2 is 2.17 bits per heavy atom. The van der Waals surface area contributed by atoms with Gasteiger partial charge in [-0.15, -0.1) is 0 Å². The van der Waals surface area contributed by atoms with E-state index in [-0.39, 0.29) is 6.04 Å². The molecule has 1 rings (SSSR count). The van der Waals surface area contributed by atoms with Gasteiger partial charge in [-0.1, -0.05) is 20.3 Å². The van der Waals surface area contributed by atoms with Gasteiger partial charge in [0.05, 0.1) is 6.04 Å². The Morgan fingerprint density at radius 1 is 1.50 bits per heavy atom. The minimum Gasteiger partial charge on any atom is -0.298 e. The number of hydrogen-bond acceptors (Lipinski definition) is 2. The molecule has 1 heterocycles. The summed E-state index contributed by atoms with van der Waals surface area (Å²) in [5.74, 6) is 1.16. The Balaban J connectivity index is 2.51. The molecule has 0 aromatic rings. The molecule has 2 heteroatoms. The zero-order chi connectivity index (χ0) is 9.14. The highest BCUT2D eigenvalue weighted by atomic mass is 16.1. The normalized spacial score (nSPS) is 30.9. The predicted molar refractivity (Wildman–Crippen MR) is 50.1 cm³/mol. The van der Waals surface area contributed by atoms with Crippen molar-refractivity contribution in [3.63, 3.8) is 0 Å². The molecule has 0 aromatic heterocycles. The smallest absolute Gasteiger partial charge is 0.149 e. The number of ketones is 1. The van der Waals surface area contributed by atoms with Gasteiger partial charge in [-0.05, 0) is 19.4 Å². The molecule has 0 aliphatic carbocycles. The van der Waals surface area contributed by atoms with E-state index in [0.717, 1.165) is 18.9 Å². The van der Waals surface area contributed by atoms with Crippen molar-refractivity contribution in [3.8, 4) is 0 Å². The van der Waals surface area contributed by atoms with Crippen molar-refractivity contribution in [3.05, 3.63) is 0 Å². The average Bonchev–Trinajstić information content (AvgIpc) is 2.45. The van der Waals surface area contributed by atoms with Gasteiger partial charge in [0.15, 0.2) is 0 Å². The molecule has 70 valence electrons. The minimum absolute atomic E-state index is 0.222. The maximum atomic E-state index is 11.4. The monoisotopic (exact) mass is 169 g/mol. The first kappa shape index (κ1) is 9.72. The Morgan fingerprint density at radius 3 is 2.58 bits per heavy atom. The van der Waals surface area contributed by atoms with Crippen LogP contribution in [0.1, 0.15) is 33.1 Å². The molecule has 12 heavy (non-hydrogen) atoms. The van der Waals surface area contributed by atoms with Gasteiger partial charge in [-0.2, -0.15) is 0 Å². The number of hydrogen-bond donors (Lipinski definition) is 0. The van der Waals surface area contributed by atoms with Gasteiger partial charge < -0.3 is 0 Å². The minimum atomic E-state index is 0.222. The first-order valence-electron chi connectivity index (χ1n) is 4.92. The molecule has 0 N–H and O–H groups in total. The van der Waals surface area contributed by atoms with Crippen LogP contribution < -0.4 is 0 Å². The molecule has 0 unspecified atom stereocenters. The van der Waals surface area contributed by atoms with Gasteiger partial charge in [-0.25, -0.2) is 0 Å². The summed E-state index contributed by atoms with van der Waals surface area (Å²) in [6, 6.07) is 0.222. The van der Waals surface area contributed by atoms with E-state index in [1.54, 1.807) is 0 Å². The molecular weight excluding hydrogens is 150 g/mol. The number of nitrogens with zero attached hydrogens (tertiary/aromatic N) is 1. The lowest BCUT2D eigenvalue weighted by Crippen LogP contribution is -2.32. The summed E-state index contributed by atoms with van der Waals surface area (Å²) in [5.41, 5.74) is 0.